The first-order chi connectivity index (χ1) is 9.66. The van der Waals surface area contributed by atoms with Crippen LogP contribution in [0.3, 0.4) is 0 Å². The Balaban J connectivity index is 0.00000161. The molecule has 0 radical (unpaired) electrons. The molecule has 8 heteroatoms. The third kappa shape index (κ3) is 3.23. The standard InChI is InChI=1S/C13H9ClN3O2S.W/c1-7-9(5-4-8-3-2-6-20-10(7)8)13(18)15-12-11(14)16-19-17-12;/h2-3,5H,6H2,1H3,(H,15,17,18);/q-1;. The molecule has 1 aliphatic rings. The summed E-state index contributed by atoms with van der Waals surface area (Å²) in [5.74, 6) is 0.696. The van der Waals surface area contributed by atoms with Gasteiger partial charge < -0.3 is 5.32 Å². The second-order valence-electron chi connectivity index (χ2n) is 4.14. The molecule has 2 aromatic rings. The zero-order chi connectivity index (χ0) is 14.1. The van der Waals surface area contributed by atoms with Crippen molar-refractivity contribution in [3.63, 3.8) is 0 Å². The molecule has 0 atom stereocenters. The number of nitrogens with one attached hydrogen (secondary N) is 1. The summed E-state index contributed by atoms with van der Waals surface area (Å²) < 4.78 is 4.44. The van der Waals surface area contributed by atoms with E-state index in [2.05, 4.69) is 32.4 Å². The fourth-order valence-corrected chi connectivity index (χ4v) is 3.00. The van der Waals surface area contributed by atoms with Crippen LogP contribution < -0.4 is 5.32 Å². The van der Waals surface area contributed by atoms with E-state index in [0.29, 0.717) is 5.56 Å². The summed E-state index contributed by atoms with van der Waals surface area (Å²) >= 11 is 7.41. The molecule has 0 unspecified atom stereocenters. The summed E-state index contributed by atoms with van der Waals surface area (Å²) in [6.45, 7) is 1.91. The summed E-state index contributed by atoms with van der Waals surface area (Å²) in [7, 11) is 0. The summed E-state index contributed by atoms with van der Waals surface area (Å²) in [4.78, 5) is 13.3. The van der Waals surface area contributed by atoms with E-state index in [4.69, 9.17) is 11.6 Å². The van der Waals surface area contributed by atoms with Crippen LogP contribution in [0.25, 0.3) is 6.08 Å². The van der Waals surface area contributed by atoms with Crippen LogP contribution in [0.1, 0.15) is 21.5 Å². The second kappa shape index (κ2) is 6.77. The molecule has 5 nitrogen and oxygen atoms in total. The third-order valence-corrected chi connectivity index (χ3v) is 4.32. The minimum atomic E-state index is -0.311. The zero-order valence-corrected chi connectivity index (χ0v) is 15.4. The Bertz CT molecular complexity index is 717. The molecular formula is C13H9ClN3O2SW-. The summed E-state index contributed by atoms with van der Waals surface area (Å²) in [6, 6.07) is 4.78. The quantitative estimate of drug-likeness (QED) is 0.655. The Morgan fingerprint density at radius 3 is 3.05 bits per heavy atom. The molecule has 2 heterocycles. The fourth-order valence-electron chi connectivity index (χ4n) is 1.92. The van der Waals surface area contributed by atoms with Gasteiger partial charge in [0, 0.05) is 21.1 Å². The minimum Gasteiger partial charge on any atom is -0.309 e. The van der Waals surface area contributed by atoms with Gasteiger partial charge in [-0.2, -0.15) is 11.8 Å². The van der Waals surface area contributed by atoms with Gasteiger partial charge in [-0.1, -0.05) is 23.4 Å². The number of hydrogen-bond donors (Lipinski definition) is 1. The second-order valence-corrected chi connectivity index (χ2v) is 5.53. The van der Waals surface area contributed by atoms with Crippen LogP contribution in [0.5, 0.6) is 0 Å². The molecule has 0 saturated carbocycles. The van der Waals surface area contributed by atoms with Gasteiger partial charge in [-0.3, -0.25) is 4.79 Å². The summed E-state index contributed by atoms with van der Waals surface area (Å²) in [6.07, 6.45) is 4.09. The van der Waals surface area contributed by atoms with Crippen LogP contribution in [0.2, 0.25) is 5.15 Å². The molecule has 0 aliphatic carbocycles. The van der Waals surface area contributed by atoms with Gasteiger partial charge in [-0.15, -0.1) is 35.4 Å². The molecule has 1 aromatic carbocycles. The molecule has 1 aromatic heterocycles. The molecule has 1 aliphatic heterocycles. The number of thioether (sulfide) groups is 1. The van der Waals surface area contributed by atoms with Crippen LogP contribution in [-0.4, -0.2) is 22.0 Å². The van der Waals surface area contributed by atoms with E-state index in [1.807, 2.05) is 13.0 Å². The van der Waals surface area contributed by atoms with Gasteiger partial charge in [0.2, 0.25) is 16.9 Å². The van der Waals surface area contributed by atoms with Crippen molar-refractivity contribution in [2.24, 2.45) is 0 Å². The maximum absolute atomic E-state index is 12.2. The number of anilines is 1. The van der Waals surface area contributed by atoms with Gasteiger partial charge in [-0.25, -0.2) is 4.63 Å². The van der Waals surface area contributed by atoms with Crippen molar-refractivity contribution in [3.05, 3.63) is 40.1 Å². The van der Waals surface area contributed by atoms with Gasteiger partial charge in [0.05, 0.1) is 0 Å². The third-order valence-electron chi connectivity index (χ3n) is 2.89. The molecular weight excluding hydrogens is 482 g/mol. The van der Waals surface area contributed by atoms with E-state index in [1.165, 1.54) is 0 Å². The Kier molecular flexibility index (Phi) is 5.25. The van der Waals surface area contributed by atoms with E-state index >= 15 is 0 Å². The van der Waals surface area contributed by atoms with Crippen molar-refractivity contribution >= 4 is 41.2 Å². The van der Waals surface area contributed by atoms with Crippen LogP contribution in [0, 0.1) is 13.0 Å². The van der Waals surface area contributed by atoms with Gasteiger partial charge in [0.25, 0.3) is 0 Å². The zero-order valence-electron chi connectivity index (χ0n) is 10.8. The Hall–Kier alpha value is -1.10. The number of carbonyl (C=O) groups excluding carboxylic acids is 1. The van der Waals surface area contributed by atoms with Crippen molar-refractivity contribution in [1.82, 2.24) is 10.3 Å². The average Bonchev–Trinajstić information content (AvgIpc) is 2.85. The first-order valence-electron chi connectivity index (χ1n) is 5.81. The molecule has 0 bridgehead atoms. The van der Waals surface area contributed by atoms with Crippen molar-refractivity contribution in [3.8, 4) is 0 Å². The van der Waals surface area contributed by atoms with Crippen molar-refractivity contribution in [1.29, 1.82) is 0 Å². The van der Waals surface area contributed by atoms with E-state index in [1.54, 1.807) is 17.8 Å². The van der Waals surface area contributed by atoms with E-state index in [-0.39, 0.29) is 37.9 Å². The number of carbonyl (C=O) groups is 1. The maximum Gasteiger partial charge on any atom is 0.217 e. The van der Waals surface area contributed by atoms with Gasteiger partial charge in [-0.05, 0) is 21.6 Å². The Labute approximate surface area is 144 Å². The van der Waals surface area contributed by atoms with Crippen LogP contribution in [0.4, 0.5) is 5.82 Å². The first-order valence-corrected chi connectivity index (χ1v) is 7.17. The first kappa shape index (κ1) is 16.3. The SMILES string of the molecule is Cc1c(C(=O)Nc2nonc2Cl)c[c-]c2c1SCC=C2.[W]. The number of nitrogens with zero attached hydrogens (tertiary/aromatic N) is 2. The number of aromatic nitrogens is 2. The van der Waals surface area contributed by atoms with Crippen LogP contribution in [0.15, 0.2) is 21.7 Å². The van der Waals surface area contributed by atoms with Gasteiger partial charge >= 0.3 is 0 Å². The fraction of sp³-hybridized carbons (Fsp3) is 0.154. The van der Waals surface area contributed by atoms with E-state index in [0.717, 1.165) is 21.8 Å². The van der Waals surface area contributed by atoms with Crippen LogP contribution in [-0.2, 0) is 21.1 Å². The summed E-state index contributed by atoms with van der Waals surface area (Å²) in [5, 5.41) is 9.51. The molecule has 1 amide bonds. The molecule has 21 heavy (non-hydrogen) atoms. The smallest absolute Gasteiger partial charge is 0.217 e. The molecule has 108 valence electrons. The van der Waals surface area contributed by atoms with Gasteiger partial charge in [0.1, 0.15) is 0 Å². The minimum absolute atomic E-state index is 0. The van der Waals surface area contributed by atoms with Crippen molar-refractivity contribution in [2.75, 3.05) is 11.1 Å². The van der Waals surface area contributed by atoms with Crippen molar-refractivity contribution < 1.29 is 30.5 Å². The number of halogens is 1. The normalized spacial score (nSPS) is 12.5. The topological polar surface area (TPSA) is 68.0 Å². The largest absolute Gasteiger partial charge is 0.309 e. The number of rotatable bonds is 2. The molecule has 0 spiro atoms. The Morgan fingerprint density at radius 1 is 1.52 bits per heavy atom. The van der Waals surface area contributed by atoms with E-state index < -0.39 is 0 Å². The number of benzene rings is 1. The summed E-state index contributed by atoms with van der Waals surface area (Å²) in [5.41, 5.74) is 2.46. The number of amides is 1. The number of fused-ring (bicyclic) bond motifs is 1. The van der Waals surface area contributed by atoms with Crippen LogP contribution >= 0.6 is 23.4 Å². The molecule has 1 N–H and O–H groups in total. The predicted octanol–water partition coefficient (Wildman–Crippen LogP) is 3.20. The molecule has 3 rings (SSSR count). The number of hydrogen-bond acceptors (Lipinski definition) is 5. The molecule has 0 saturated heterocycles. The predicted molar refractivity (Wildman–Crippen MR) is 77.0 cm³/mol. The average molecular weight is 491 g/mol. The monoisotopic (exact) mass is 490 g/mol. The molecule has 0 fully saturated rings. The maximum atomic E-state index is 12.2. The van der Waals surface area contributed by atoms with E-state index in [9.17, 15) is 4.79 Å². The van der Waals surface area contributed by atoms with Crippen molar-refractivity contribution in [2.45, 2.75) is 11.8 Å². The van der Waals surface area contributed by atoms with Gasteiger partial charge in [0.15, 0.2) is 0 Å². The Morgan fingerprint density at radius 2 is 2.33 bits per heavy atom.